The Morgan fingerprint density at radius 1 is 1.20 bits per heavy atom. The van der Waals surface area contributed by atoms with Gasteiger partial charge >= 0.3 is 0 Å². The zero-order valence-electron chi connectivity index (χ0n) is 15.5. The Balaban J connectivity index is 1.80. The molecular weight excluding hydrogens is 320 g/mol. The number of nitrogens with zero attached hydrogens (tertiary/aromatic N) is 2. The second-order valence-corrected chi connectivity index (χ2v) is 6.53. The summed E-state index contributed by atoms with van der Waals surface area (Å²) < 4.78 is 11.0. The van der Waals surface area contributed by atoms with Gasteiger partial charge in [-0.25, -0.2) is 0 Å². The van der Waals surface area contributed by atoms with Crippen LogP contribution in [0, 0.1) is 0 Å². The predicted molar refractivity (Wildman–Crippen MR) is 97.7 cm³/mol. The highest BCUT2D eigenvalue weighted by atomic mass is 16.5. The lowest BCUT2D eigenvalue weighted by molar-refractivity contribution is 0.0455. The first kappa shape index (κ1) is 19.7. The molecule has 1 aromatic rings. The van der Waals surface area contributed by atoms with Crippen LogP contribution in [0.4, 0.5) is 0 Å². The highest BCUT2D eigenvalue weighted by Gasteiger charge is 2.19. The smallest absolute Gasteiger partial charge is 0.161 e. The van der Waals surface area contributed by atoms with Crippen LogP contribution in [0.2, 0.25) is 0 Å². The van der Waals surface area contributed by atoms with Crippen LogP contribution < -0.4 is 9.47 Å². The van der Waals surface area contributed by atoms with E-state index in [-0.39, 0.29) is 12.4 Å². The van der Waals surface area contributed by atoms with Crippen molar-refractivity contribution in [2.45, 2.75) is 26.4 Å². The predicted octanol–water partition coefficient (Wildman–Crippen LogP) is 1.67. The van der Waals surface area contributed by atoms with Gasteiger partial charge in [-0.15, -0.1) is 0 Å². The fraction of sp³-hybridized carbons (Fsp3) is 0.632. The molecule has 1 heterocycles. The van der Waals surface area contributed by atoms with E-state index >= 15 is 0 Å². The Kier molecular flexibility index (Phi) is 7.68. The Morgan fingerprint density at radius 3 is 2.48 bits per heavy atom. The van der Waals surface area contributed by atoms with Crippen molar-refractivity contribution in [2.24, 2.45) is 0 Å². The average molecular weight is 350 g/mol. The third kappa shape index (κ3) is 5.99. The van der Waals surface area contributed by atoms with Gasteiger partial charge in [0.2, 0.25) is 0 Å². The SMILES string of the molecule is CCCN1CCN(C[C@H](O)COc2ccc(C(C)=O)cc2OC)CC1. The van der Waals surface area contributed by atoms with Crippen LogP contribution >= 0.6 is 0 Å². The molecule has 6 nitrogen and oxygen atoms in total. The number of rotatable bonds is 9. The molecule has 0 radical (unpaired) electrons. The van der Waals surface area contributed by atoms with Gasteiger partial charge in [-0.3, -0.25) is 9.69 Å². The molecule has 1 saturated heterocycles. The van der Waals surface area contributed by atoms with Gasteiger partial charge in [-0.05, 0) is 38.1 Å². The molecule has 1 fully saturated rings. The minimum atomic E-state index is -0.560. The van der Waals surface area contributed by atoms with E-state index in [0.717, 1.165) is 32.7 Å². The van der Waals surface area contributed by atoms with Crippen molar-refractivity contribution in [3.63, 3.8) is 0 Å². The van der Waals surface area contributed by atoms with Crippen molar-refractivity contribution in [1.82, 2.24) is 9.80 Å². The van der Waals surface area contributed by atoms with Crippen LogP contribution in [0.3, 0.4) is 0 Å². The molecule has 1 atom stereocenters. The molecule has 0 bridgehead atoms. The number of benzene rings is 1. The molecule has 1 aromatic carbocycles. The maximum absolute atomic E-state index is 11.4. The zero-order valence-corrected chi connectivity index (χ0v) is 15.5. The monoisotopic (exact) mass is 350 g/mol. The topological polar surface area (TPSA) is 62.2 Å². The van der Waals surface area contributed by atoms with Gasteiger partial charge in [0.15, 0.2) is 17.3 Å². The quantitative estimate of drug-likeness (QED) is 0.684. The molecule has 0 amide bonds. The number of Topliss-reactive ketones (excluding diaryl/α,β-unsaturated/α-hetero) is 1. The lowest BCUT2D eigenvalue weighted by Crippen LogP contribution is -2.49. The van der Waals surface area contributed by atoms with Gasteiger partial charge in [0, 0.05) is 38.3 Å². The molecule has 0 unspecified atom stereocenters. The van der Waals surface area contributed by atoms with E-state index in [2.05, 4.69) is 16.7 Å². The Morgan fingerprint density at radius 2 is 1.88 bits per heavy atom. The molecule has 1 N–H and O–H groups in total. The molecule has 2 rings (SSSR count). The standard InChI is InChI=1S/C19H30N2O4/c1-4-7-20-8-10-21(11-9-20)13-17(23)14-25-18-6-5-16(15(2)22)12-19(18)24-3/h5-6,12,17,23H,4,7-11,13-14H2,1-3H3/t17-/m0/s1. The summed E-state index contributed by atoms with van der Waals surface area (Å²) in [6, 6.07) is 5.09. The third-order valence-electron chi connectivity index (χ3n) is 4.48. The van der Waals surface area contributed by atoms with Gasteiger partial charge in [0.25, 0.3) is 0 Å². The number of ether oxygens (including phenoxy) is 2. The van der Waals surface area contributed by atoms with E-state index in [1.165, 1.54) is 13.3 Å². The molecule has 0 saturated carbocycles. The summed E-state index contributed by atoms with van der Waals surface area (Å²) in [4.78, 5) is 16.2. The normalized spacial score (nSPS) is 17.3. The fourth-order valence-corrected chi connectivity index (χ4v) is 3.05. The van der Waals surface area contributed by atoms with E-state index in [4.69, 9.17) is 9.47 Å². The maximum atomic E-state index is 11.4. The number of aliphatic hydroxyl groups excluding tert-OH is 1. The van der Waals surface area contributed by atoms with Crippen molar-refractivity contribution >= 4 is 5.78 Å². The minimum Gasteiger partial charge on any atom is -0.493 e. The first-order valence-corrected chi connectivity index (χ1v) is 8.98. The van der Waals surface area contributed by atoms with Crippen molar-refractivity contribution in [1.29, 1.82) is 0 Å². The molecule has 1 aliphatic rings. The van der Waals surface area contributed by atoms with Crippen molar-refractivity contribution < 1.29 is 19.4 Å². The van der Waals surface area contributed by atoms with Crippen molar-refractivity contribution in [2.75, 3.05) is 53.0 Å². The summed E-state index contributed by atoms with van der Waals surface area (Å²) >= 11 is 0. The second kappa shape index (κ2) is 9.75. The zero-order chi connectivity index (χ0) is 18.2. The van der Waals surface area contributed by atoms with Crippen LogP contribution in [-0.2, 0) is 0 Å². The van der Waals surface area contributed by atoms with Crippen molar-refractivity contribution in [3.05, 3.63) is 23.8 Å². The number of carbonyl (C=O) groups excluding carboxylic acids is 1. The number of β-amino-alcohol motifs (C(OH)–C–C–N with tert-alkyl or cyclic N) is 1. The Labute approximate surface area is 150 Å². The maximum Gasteiger partial charge on any atom is 0.161 e. The number of ketones is 1. The van der Waals surface area contributed by atoms with Crippen molar-refractivity contribution in [3.8, 4) is 11.5 Å². The van der Waals surface area contributed by atoms with Crippen LogP contribution in [0.5, 0.6) is 11.5 Å². The third-order valence-corrected chi connectivity index (χ3v) is 4.48. The summed E-state index contributed by atoms with van der Waals surface area (Å²) in [5.74, 6) is 1.03. The number of carbonyl (C=O) groups is 1. The van der Waals surface area contributed by atoms with Gasteiger partial charge in [-0.1, -0.05) is 6.92 Å². The van der Waals surface area contributed by atoms with Crippen LogP contribution in [0.15, 0.2) is 18.2 Å². The van der Waals surface area contributed by atoms with Crippen LogP contribution in [0.25, 0.3) is 0 Å². The van der Waals surface area contributed by atoms with E-state index in [1.54, 1.807) is 25.3 Å². The lowest BCUT2D eigenvalue weighted by Gasteiger charge is -2.35. The molecule has 0 aromatic heterocycles. The first-order chi connectivity index (χ1) is 12.0. The van der Waals surface area contributed by atoms with Gasteiger partial charge in [-0.2, -0.15) is 0 Å². The molecule has 0 spiro atoms. The molecular formula is C19H30N2O4. The number of piperazine rings is 1. The summed E-state index contributed by atoms with van der Waals surface area (Å²) in [6.07, 6.45) is 0.621. The first-order valence-electron chi connectivity index (χ1n) is 8.98. The highest BCUT2D eigenvalue weighted by Crippen LogP contribution is 2.28. The molecule has 140 valence electrons. The summed E-state index contributed by atoms with van der Waals surface area (Å²) in [7, 11) is 1.54. The van der Waals surface area contributed by atoms with E-state index in [0.29, 0.717) is 23.6 Å². The number of methoxy groups -OCH3 is 1. The molecule has 0 aliphatic carbocycles. The number of hydrogen-bond donors (Lipinski definition) is 1. The lowest BCUT2D eigenvalue weighted by atomic mass is 10.1. The molecule has 6 heteroatoms. The Bertz CT molecular complexity index is 556. The number of hydrogen-bond acceptors (Lipinski definition) is 6. The fourth-order valence-electron chi connectivity index (χ4n) is 3.05. The average Bonchev–Trinajstić information content (AvgIpc) is 2.61. The second-order valence-electron chi connectivity index (χ2n) is 6.53. The van der Waals surface area contributed by atoms with Gasteiger partial charge in [0.05, 0.1) is 7.11 Å². The summed E-state index contributed by atoms with van der Waals surface area (Å²) in [5.41, 5.74) is 0.578. The van der Waals surface area contributed by atoms with E-state index < -0.39 is 6.10 Å². The number of aliphatic hydroxyl groups is 1. The highest BCUT2D eigenvalue weighted by molar-refractivity contribution is 5.94. The van der Waals surface area contributed by atoms with E-state index in [1.807, 2.05) is 0 Å². The minimum absolute atomic E-state index is 0.0212. The van der Waals surface area contributed by atoms with Crippen LogP contribution in [-0.4, -0.2) is 79.8 Å². The van der Waals surface area contributed by atoms with Gasteiger partial charge in [0.1, 0.15) is 12.7 Å². The molecule has 1 aliphatic heterocycles. The summed E-state index contributed by atoms with van der Waals surface area (Å²) in [5, 5.41) is 10.3. The van der Waals surface area contributed by atoms with E-state index in [9.17, 15) is 9.90 Å². The van der Waals surface area contributed by atoms with Crippen LogP contribution in [0.1, 0.15) is 30.6 Å². The largest absolute Gasteiger partial charge is 0.493 e. The summed E-state index contributed by atoms with van der Waals surface area (Å²) in [6.45, 7) is 9.74. The molecule has 25 heavy (non-hydrogen) atoms. The Hall–Kier alpha value is -1.63. The van der Waals surface area contributed by atoms with Gasteiger partial charge < -0.3 is 19.5 Å².